The summed E-state index contributed by atoms with van der Waals surface area (Å²) in [5, 5.41) is 1.20. The molecule has 0 heterocycles. The lowest BCUT2D eigenvalue weighted by Crippen LogP contribution is -2.19. The van der Waals surface area contributed by atoms with E-state index in [0.717, 1.165) is 11.8 Å². The molecule has 11 heavy (non-hydrogen) atoms. The van der Waals surface area contributed by atoms with Crippen molar-refractivity contribution in [2.24, 2.45) is 11.8 Å². The highest BCUT2D eigenvalue weighted by Gasteiger charge is 2.22. The summed E-state index contributed by atoms with van der Waals surface area (Å²) in [7, 11) is 0. The van der Waals surface area contributed by atoms with Crippen LogP contribution in [0.15, 0.2) is 0 Å². The van der Waals surface area contributed by atoms with Crippen LogP contribution in [-0.4, -0.2) is 5.33 Å². The van der Waals surface area contributed by atoms with Gasteiger partial charge in [-0.15, -0.1) is 0 Å². The van der Waals surface area contributed by atoms with Crippen LogP contribution in [0.1, 0.15) is 45.4 Å². The van der Waals surface area contributed by atoms with Crippen LogP contribution in [0.3, 0.4) is 0 Å². The highest BCUT2D eigenvalue weighted by molar-refractivity contribution is 9.09. The molecule has 1 heteroatoms. The second-order valence-electron chi connectivity index (χ2n) is 3.69. The van der Waals surface area contributed by atoms with Crippen molar-refractivity contribution in [3.8, 4) is 0 Å². The predicted octanol–water partition coefficient (Wildman–Crippen LogP) is 3.99. The summed E-state index contributed by atoms with van der Waals surface area (Å²) in [5.41, 5.74) is 0. The zero-order chi connectivity index (χ0) is 8.10. The highest BCUT2D eigenvalue weighted by Crippen LogP contribution is 2.34. The van der Waals surface area contributed by atoms with Crippen LogP contribution < -0.4 is 0 Å². The Hall–Kier alpha value is 0.480. The first-order valence-corrected chi connectivity index (χ1v) is 6.06. The van der Waals surface area contributed by atoms with Crippen LogP contribution in [0.25, 0.3) is 0 Å². The third-order valence-corrected chi connectivity index (χ3v) is 3.53. The third kappa shape index (κ3) is 2.77. The van der Waals surface area contributed by atoms with Gasteiger partial charge in [0.1, 0.15) is 0 Å². The summed E-state index contributed by atoms with van der Waals surface area (Å²) < 4.78 is 0. The molecule has 0 N–H and O–H groups in total. The number of halogens is 1. The molecule has 0 aliphatic heterocycles. The Bertz CT molecular complexity index is 99.0. The lowest BCUT2D eigenvalue weighted by Gasteiger charge is -2.30. The van der Waals surface area contributed by atoms with E-state index in [1.165, 1.54) is 43.9 Å². The van der Waals surface area contributed by atoms with Crippen molar-refractivity contribution in [3.63, 3.8) is 0 Å². The molecule has 0 aromatic heterocycles. The molecule has 0 nitrogen and oxygen atoms in total. The van der Waals surface area contributed by atoms with Gasteiger partial charge in [-0.1, -0.05) is 55.0 Å². The number of rotatable bonds is 3. The Morgan fingerprint density at radius 1 is 1.18 bits per heavy atom. The van der Waals surface area contributed by atoms with Gasteiger partial charge in [-0.05, 0) is 18.3 Å². The summed E-state index contributed by atoms with van der Waals surface area (Å²) in [4.78, 5) is 0. The lowest BCUT2D eigenvalue weighted by atomic mass is 9.77. The second kappa shape index (κ2) is 5.18. The molecule has 0 saturated heterocycles. The van der Waals surface area contributed by atoms with E-state index < -0.39 is 0 Å². The van der Waals surface area contributed by atoms with Gasteiger partial charge in [-0.25, -0.2) is 0 Å². The Morgan fingerprint density at radius 3 is 2.36 bits per heavy atom. The van der Waals surface area contributed by atoms with Crippen molar-refractivity contribution in [1.82, 2.24) is 0 Å². The molecule has 0 amide bonds. The fraction of sp³-hybridized carbons (Fsp3) is 1.00. The Kier molecular flexibility index (Phi) is 4.51. The third-order valence-electron chi connectivity index (χ3n) is 3.07. The standard InChI is InChI=1S/C10H19Br/c1-2-9-5-3-4-6-10(9)7-8-11/h9-10H,2-8H2,1H3. The summed E-state index contributed by atoms with van der Waals surface area (Å²) in [6.07, 6.45) is 8.75. The van der Waals surface area contributed by atoms with Crippen molar-refractivity contribution in [1.29, 1.82) is 0 Å². The van der Waals surface area contributed by atoms with Gasteiger partial charge < -0.3 is 0 Å². The van der Waals surface area contributed by atoms with E-state index in [0.29, 0.717) is 0 Å². The van der Waals surface area contributed by atoms with Gasteiger partial charge in [0.2, 0.25) is 0 Å². The molecule has 0 radical (unpaired) electrons. The molecule has 1 aliphatic carbocycles. The maximum Gasteiger partial charge on any atom is 0.00340 e. The molecule has 1 aliphatic rings. The summed E-state index contributed by atoms with van der Waals surface area (Å²) in [5.74, 6) is 2.08. The van der Waals surface area contributed by atoms with Gasteiger partial charge >= 0.3 is 0 Å². The monoisotopic (exact) mass is 218 g/mol. The first-order valence-electron chi connectivity index (χ1n) is 4.94. The quantitative estimate of drug-likeness (QED) is 0.629. The number of hydrogen-bond donors (Lipinski definition) is 0. The van der Waals surface area contributed by atoms with Crippen LogP contribution in [0, 0.1) is 11.8 Å². The van der Waals surface area contributed by atoms with Crippen LogP contribution in [0.2, 0.25) is 0 Å². The average Bonchev–Trinajstić information content (AvgIpc) is 2.06. The maximum atomic E-state index is 3.54. The van der Waals surface area contributed by atoms with Crippen molar-refractivity contribution < 1.29 is 0 Å². The van der Waals surface area contributed by atoms with Gasteiger partial charge in [0.25, 0.3) is 0 Å². The van der Waals surface area contributed by atoms with Gasteiger partial charge in [0, 0.05) is 5.33 Å². The molecular formula is C10H19Br. The summed E-state index contributed by atoms with van der Waals surface area (Å²) >= 11 is 3.54. The molecule has 66 valence electrons. The van der Waals surface area contributed by atoms with Crippen LogP contribution in [0.4, 0.5) is 0 Å². The molecule has 0 spiro atoms. The van der Waals surface area contributed by atoms with Crippen molar-refractivity contribution in [2.45, 2.75) is 45.4 Å². The van der Waals surface area contributed by atoms with Gasteiger partial charge in [-0.3, -0.25) is 0 Å². The summed E-state index contributed by atoms with van der Waals surface area (Å²) in [6, 6.07) is 0. The number of alkyl halides is 1. The van der Waals surface area contributed by atoms with E-state index in [4.69, 9.17) is 0 Å². The minimum Gasteiger partial charge on any atom is -0.0928 e. The molecule has 2 atom stereocenters. The fourth-order valence-electron chi connectivity index (χ4n) is 2.34. The van der Waals surface area contributed by atoms with Crippen molar-refractivity contribution in [3.05, 3.63) is 0 Å². The SMILES string of the molecule is CCC1CCCCC1CCBr. The summed E-state index contributed by atoms with van der Waals surface area (Å²) in [6.45, 7) is 2.34. The van der Waals surface area contributed by atoms with Crippen molar-refractivity contribution >= 4 is 15.9 Å². The van der Waals surface area contributed by atoms with Crippen LogP contribution in [0.5, 0.6) is 0 Å². The molecule has 0 bridgehead atoms. The van der Waals surface area contributed by atoms with Crippen LogP contribution >= 0.6 is 15.9 Å². The molecular weight excluding hydrogens is 200 g/mol. The predicted molar refractivity (Wildman–Crippen MR) is 54.2 cm³/mol. The first-order chi connectivity index (χ1) is 5.38. The lowest BCUT2D eigenvalue weighted by molar-refractivity contribution is 0.226. The van der Waals surface area contributed by atoms with Crippen molar-refractivity contribution in [2.75, 3.05) is 5.33 Å². The van der Waals surface area contributed by atoms with Crippen LogP contribution in [-0.2, 0) is 0 Å². The minimum absolute atomic E-state index is 1.04. The number of hydrogen-bond acceptors (Lipinski definition) is 0. The smallest absolute Gasteiger partial charge is 0.00340 e. The minimum atomic E-state index is 1.04. The van der Waals surface area contributed by atoms with E-state index in [1.807, 2.05) is 0 Å². The first kappa shape index (κ1) is 9.57. The second-order valence-corrected chi connectivity index (χ2v) is 4.48. The molecule has 2 unspecified atom stereocenters. The maximum absolute atomic E-state index is 3.54. The molecule has 1 fully saturated rings. The molecule has 1 rings (SSSR count). The normalized spacial score (nSPS) is 32.2. The zero-order valence-corrected chi connectivity index (χ0v) is 9.07. The largest absolute Gasteiger partial charge is 0.0928 e. The Morgan fingerprint density at radius 2 is 1.82 bits per heavy atom. The van der Waals surface area contributed by atoms with E-state index in [-0.39, 0.29) is 0 Å². The van der Waals surface area contributed by atoms with E-state index in [1.54, 1.807) is 0 Å². The average molecular weight is 219 g/mol. The van der Waals surface area contributed by atoms with E-state index in [2.05, 4.69) is 22.9 Å². The molecule has 1 saturated carbocycles. The molecule has 0 aromatic carbocycles. The van der Waals surface area contributed by atoms with E-state index in [9.17, 15) is 0 Å². The van der Waals surface area contributed by atoms with E-state index >= 15 is 0 Å². The Labute approximate surface area is 78.9 Å². The highest BCUT2D eigenvalue weighted by atomic mass is 79.9. The van der Waals surface area contributed by atoms with Gasteiger partial charge in [0.15, 0.2) is 0 Å². The van der Waals surface area contributed by atoms with Gasteiger partial charge in [-0.2, -0.15) is 0 Å². The molecule has 0 aromatic rings. The fourth-order valence-corrected chi connectivity index (χ4v) is 2.93. The topological polar surface area (TPSA) is 0 Å². The zero-order valence-electron chi connectivity index (χ0n) is 7.48. The Balaban J connectivity index is 2.31. The van der Waals surface area contributed by atoms with Gasteiger partial charge in [0.05, 0.1) is 0 Å².